The minimum Gasteiger partial charge on any atom is -0.444 e. The van der Waals surface area contributed by atoms with Gasteiger partial charge in [-0.2, -0.15) is 0 Å². The monoisotopic (exact) mass is 323 g/mol. The number of benzene rings is 1. The Morgan fingerprint density at radius 3 is 2.88 bits per heavy atom. The van der Waals surface area contributed by atoms with E-state index in [-0.39, 0.29) is 5.91 Å². The molecule has 1 aliphatic rings. The maximum absolute atomic E-state index is 12.1. The predicted molar refractivity (Wildman–Crippen MR) is 89.3 cm³/mol. The first kappa shape index (κ1) is 14.8. The molecule has 0 bridgehead atoms. The Morgan fingerprint density at radius 1 is 1.21 bits per heavy atom. The first-order valence-electron chi connectivity index (χ1n) is 7.96. The molecule has 0 saturated carbocycles. The molecule has 3 heterocycles. The van der Waals surface area contributed by atoms with Gasteiger partial charge in [-0.05, 0) is 50.2 Å². The van der Waals surface area contributed by atoms with Crippen LogP contribution in [0.25, 0.3) is 22.2 Å². The number of carbonyl (C=O) groups excluding carboxylic acids is 1. The van der Waals surface area contributed by atoms with Gasteiger partial charge in [-0.3, -0.25) is 9.69 Å². The fraction of sp³-hybridized carbons (Fsp3) is 0.294. The van der Waals surface area contributed by atoms with E-state index < -0.39 is 0 Å². The maximum atomic E-state index is 12.1. The predicted octanol–water partition coefficient (Wildman–Crippen LogP) is 2.32. The van der Waals surface area contributed by atoms with Crippen LogP contribution in [-0.4, -0.2) is 45.6 Å². The Kier molecular flexibility index (Phi) is 3.92. The molecule has 0 spiro atoms. The first-order chi connectivity index (χ1) is 11.8. The van der Waals surface area contributed by atoms with Crippen LogP contribution < -0.4 is 5.32 Å². The van der Waals surface area contributed by atoms with Crippen molar-refractivity contribution < 1.29 is 9.21 Å². The molecule has 2 aromatic heterocycles. The van der Waals surface area contributed by atoms with E-state index in [0.717, 1.165) is 42.4 Å². The summed E-state index contributed by atoms with van der Waals surface area (Å²) in [4.78, 5) is 18.2. The first-order valence-corrected chi connectivity index (χ1v) is 7.96. The summed E-state index contributed by atoms with van der Waals surface area (Å²) in [5.41, 5.74) is 1.66. The highest BCUT2D eigenvalue weighted by atomic mass is 16.3. The largest absolute Gasteiger partial charge is 0.444 e. The van der Waals surface area contributed by atoms with Crippen molar-refractivity contribution in [1.29, 1.82) is 0 Å². The van der Waals surface area contributed by atoms with Crippen LogP contribution in [0.1, 0.15) is 12.8 Å². The van der Waals surface area contributed by atoms with E-state index in [1.165, 1.54) is 6.39 Å². The van der Waals surface area contributed by atoms with Crippen molar-refractivity contribution >= 4 is 22.6 Å². The van der Waals surface area contributed by atoms with Gasteiger partial charge < -0.3 is 9.73 Å². The van der Waals surface area contributed by atoms with E-state index in [2.05, 4.69) is 25.4 Å². The molecule has 1 aromatic carbocycles. The Morgan fingerprint density at radius 2 is 2.08 bits per heavy atom. The van der Waals surface area contributed by atoms with Crippen LogP contribution in [0.3, 0.4) is 0 Å². The number of fused-ring (bicyclic) bond motifs is 1. The molecule has 7 nitrogen and oxygen atoms in total. The summed E-state index contributed by atoms with van der Waals surface area (Å²) in [5, 5.41) is 12.0. The molecule has 0 atom stereocenters. The lowest BCUT2D eigenvalue weighted by molar-refractivity contribution is -0.117. The Hall–Kier alpha value is -2.80. The van der Waals surface area contributed by atoms with Crippen molar-refractivity contribution in [3.8, 4) is 11.3 Å². The molecule has 1 fully saturated rings. The summed E-state index contributed by atoms with van der Waals surface area (Å²) in [6.45, 7) is 2.37. The number of nitrogens with zero attached hydrogens (tertiary/aromatic N) is 4. The standard InChI is InChI=1S/C17H17N5O2/c23-17(10-22-5-1-2-6-22)19-16-8-13-7-12(15-9-18-11-24-15)3-4-14(13)20-21-16/h3-4,7-9,11H,1-2,5-6,10H2,(H,19,21,23). The zero-order valence-corrected chi connectivity index (χ0v) is 13.1. The lowest BCUT2D eigenvalue weighted by Crippen LogP contribution is -2.31. The number of likely N-dealkylation sites (tertiary alicyclic amines) is 1. The number of hydrogen-bond acceptors (Lipinski definition) is 6. The zero-order valence-electron chi connectivity index (χ0n) is 13.1. The second-order valence-electron chi connectivity index (χ2n) is 5.90. The van der Waals surface area contributed by atoms with E-state index in [0.29, 0.717) is 18.1 Å². The van der Waals surface area contributed by atoms with Crippen molar-refractivity contribution in [3.05, 3.63) is 36.9 Å². The van der Waals surface area contributed by atoms with Crippen molar-refractivity contribution in [3.63, 3.8) is 0 Å². The molecule has 1 amide bonds. The van der Waals surface area contributed by atoms with Crippen LogP contribution in [-0.2, 0) is 4.79 Å². The second-order valence-corrected chi connectivity index (χ2v) is 5.90. The number of amides is 1. The van der Waals surface area contributed by atoms with Crippen LogP contribution in [0.4, 0.5) is 5.82 Å². The third kappa shape index (κ3) is 3.11. The lowest BCUT2D eigenvalue weighted by Gasteiger charge is -2.13. The van der Waals surface area contributed by atoms with Gasteiger partial charge in [0.2, 0.25) is 5.91 Å². The quantitative estimate of drug-likeness (QED) is 0.793. The van der Waals surface area contributed by atoms with E-state index in [9.17, 15) is 4.79 Å². The van der Waals surface area contributed by atoms with Gasteiger partial charge in [-0.15, -0.1) is 10.2 Å². The second kappa shape index (κ2) is 6.37. The van der Waals surface area contributed by atoms with Crippen molar-refractivity contribution in [1.82, 2.24) is 20.1 Å². The highest BCUT2D eigenvalue weighted by molar-refractivity contribution is 5.93. The van der Waals surface area contributed by atoms with E-state index in [1.54, 1.807) is 6.20 Å². The summed E-state index contributed by atoms with van der Waals surface area (Å²) in [7, 11) is 0. The van der Waals surface area contributed by atoms with Gasteiger partial charge in [0, 0.05) is 10.9 Å². The molecule has 0 radical (unpaired) electrons. The zero-order chi connectivity index (χ0) is 16.4. The van der Waals surface area contributed by atoms with E-state index in [4.69, 9.17) is 4.42 Å². The van der Waals surface area contributed by atoms with Crippen molar-refractivity contribution in [2.45, 2.75) is 12.8 Å². The van der Waals surface area contributed by atoms with Gasteiger partial charge >= 0.3 is 0 Å². The van der Waals surface area contributed by atoms with Crippen LogP contribution in [0.2, 0.25) is 0 Å². The van der Waals surface area contributed by atoms with Crippen molar-refractivity contribution in [2.24, 2.45) is 0 Å². The fourth-order valence-corrected chi connectivity index (χ4v) is 2.94. The average Bonchev–Trinajstić information content (AvgIpc) is 3.27. The number of anilines is 1. The van der Waals surface area contributed by atoms with Gasteiger partial charge in [-0.1, -0.05) is 0 Å². The molecule has 1 aliphatic heterocycles. The fourth-order valence-electron chi connectivity index (χ4n) is 2.94. The summed E-state index contributed by atoms with van der Waals surface area (Å²) in [5.74, 6) is 1.09. The lowest BCUT2D eigenvalue weighted by atomic mass is 10.1. The average molecular weight is 323 g/mol. The highest BCUT2D eigenvalue weighted by Gasteiger charge is 2.15. The summed E-state index contributed by atoms with van der Waals surface area (Å²) >= 11 is 0. The third-order valence-corrected chi connectivity index (χ3v) is 4.14. The van der Waals surface area contributed by atoms with Crippen molar-refractivity contribution in [2.75, 3.05) is 25.0 Å². The Labute approximate surface area is 138 Å². The molecule has 0 aliphatic carbocycles. The SMILES string of the molecule is O=C(CN1CCCC1)Nc1cc2cc(-c3cnco3)ccc2nn1. The molecule has 1 N–H and O–H groups in total. The number of aromatic nitrogens is 3. The van der Waals surface area contributed by atoms with Gasteiger partial charge in [0.1, 0.15) is 0 Å². The van der Waals surface area contributed by atoms with Crippen LogP contribution in [0.15, 0.2) is 41.3 Å². The van der Waals surface area contributed by atoms with Crippen LogP contribution in [0, 0.1) is 0 Å². The molecule has 0 unspecified atom stereocenters. The number of hydrogen-bond donors (Lipinski definition) is 1. The van der Waals surface area contributed by atoms with Crippen LogP contribution in [0.5, 0.6) is 0 Å². The molecule has 24 heavy (non-hydrogen) atoms. The molecular weight excluding hydrogens is 306 g/mol. The van der Waals surface area contributed by atoms with Gasteiger partial charge in [0.15, 0.2) is 18.0 Å². The van der Waals surface area contributed by atoms with Gasteiger partial charge in [0.05, 0.1) is 18.3 Å². The van der Waals surface area contributed by atoms with E-state index >= 15 is 0 Å². The normalized spacial score (nSPS) is 15.0. The molecule has 7 heteroatoms. The number of nitrogens with one attached hydrogen (secondary N) is 1. The minimum absolute atomic E-state index is 0.0584. The van der Waals surface area contributed by atoms with Crippen LogP contribution >= 0.6 is 0 Å². The summed E-state index contributed by atoms with van der Waals surface area (Å²) in [6.07, 6.45) is 5.38. The molecular formula is C17H17N5O2. The number of carbonyl (C=O) groups is 1. The minimum atomic E-state index is -0.0584. The van der Waals surface area contributed by atoms with Gasteiger partial charge in [0.25, 0.3) is 0 Å². The smallest absolute Gasteiger partial charge is 0.239 e. The molecule has 122 valence electrons. The Balaban J connectivity index is 1.54. The molecule has 1 saturated heterocycles. The summed E-state index contributed by atoms with van der Waals surface area (Å²) < 4.78 is 5.32. The van der Waals surface area contributed by atoms with E-state index in [1.807, 2.05) is 24.3 Å². The highest BCUT2D eigenvalue weighted by Crippen LogP contribution is 2.24. The maximum Gasteiger partial charge on any atom is 0.239 e. The molecule has 4 rings (SSSR count). The van der Waals surface area contributed by atoms with Gasteiger partial charge in [-0.25, -0.2) is 4.98 Å². The molecule has 3 aromatic rings. The topological polar surface area (TPSA) is 84.2 Å². The number of oxazole rings is 1. The third-order valence-electron chi connectivity index (χ3n) is 4.14. The number of rotatable bonds is 4. The Bertz CT molecular complexity index is 857. The summed E-state index contributed by atoms with van der Waals surface area (Å²) in [6, 6.07) is 7.55.